The molecule has 1 saturated heterocycles. The fraction of sp³-hybridized carbons (Fsp3) is 0.778. The number of hydrogen-bond acceptors (Lipinski definition) is 7. The van der Waals surface area contributed by atoms with Crippen molar-refractivity contribution in [2.24, 2.45) is 5.73 Å². The number of nitrogens with two attached hydrogens (primary N) is 1. The van der Waals surface area contributed by atoms with Gasteiger partial charge >= 0.3 is 6.01 Å². The number of anilines is 1. The smallest absolute Gasteiger partial charge is 0.315 e. The quantitative estimate of drug-likeness (QED) is 0.788. The van der Waals surface area contributed by atoms with Crippen LogP contribution in [-0.2, 0) is 9.84 Å². The topological polar surface area (TPSA) is 111 Å². The standard InChI is InChI=1S/C9H16N4O3S/c1-6(10)8-12-13-9(16-8)11-5-7-3-2-4-17(7,14)15/h6-7H,2-5,10H2,1H3,(H,11,13). The number of sulfone groups is 1. The largest absolute Gasteiger partial charge is 0.406 e. The molecule has 2 atom stereocenters. The summed E-state index contributed by atoms with van der Waals surface area (Å²) in [5, 5.41) is 9.98. The van der Waals surface area contributed by atoms with Gasteiger partial charge in [0.15, 0.2) is 9.84 Å². The number of nitrogens with one attached hydrogen (secondary N) is 1. The van der Waals surface area contributed by atoms with Gasteiger partial charge in [-0.2, -0.15) is 0 Å². The number of aromatic nitrogens is 2. The van der Waals surface area contributed by atoms with Crippen LogP contribution in [0.15, 0.2) is 4.42 Å². The van der Waals surface area contributed by atoms with E-state index in [4.69, 9.17) is 10.2 Å². The second kappa shape index (κ2) is 4.61. The zero-order chi connectivity index (χ0) is 12.5. The molecule has 1 aromatic rings. The van der Waals surface area contributed by atoms with E-state index in [0.717, 1.165) is 6.42 Å². The van der Waals surface area contributed by atoms with Crippen molar-refractivity contribution in [1.29, 1.82) is 0 Å². The maximum atomic E-state index is 11.6. The Balaban J connectivity index is 1.94. The first-order chi connectivity index (χ1) is 7.99. The molecule has 0 bridgehead atoms. The summed E-state index contributed by atoms with van der Waals surface area (Å²) in [6.07, 6.45) is 1.41. The Kier molecular flexibility index (Phi) is 3.34. The Morgan fingerprint density at radius 2 is 2.35 bits per heavy atom. The van der Waals surface area contributed by atoms with Gasteiger partial charge in [0.25, 0.3) is 0 Å². The molecule has 1 aliphatic rings. The molecule has 7 nitrogen and oxygen atoms in total. The molecule has 0 saturated carbocycles. The molecule has 17 heavy (non-hydrogen) atoms. The van der Waals surface area contributed by atoms with Gasteiger partial charge in [0.05, 0.1) is 17.0 Å². The van der Waals surface area contributed by atoms with Gasteiger partial charge < -0.3 is 15.5 Å². The minimum absolute atomic E-state index is 0.222. The van der Waals surface area contributed by atoms with Crippen LogP contribution in [-0.4, -0.2) is 36.2 Å². The van der Waals surface area contributed by atoms with Crippen molar-refractivity contribution in [2.75, 3.05) is 17.6 Å². The summed E-state index contributed by atoms with van der Waals surface area (Å²) in [4.78, 5) is 0. The van der Waals surface area contributed by atoms with Crippen LogP contribution in [0.5, 0.6) is 0 Å². The lowest BCUT2D eigenvalue weighted by molar-refractivity contribution is 0.472. The molecule has 0 aliphatic carbocycles. The van der Waals surface area contributed by atoms with Crippen LogP contribution in [0, 0.1) is 0 Å². The van der Waals surface area contributed by atoms with Crippen molar-refractivity contribution < 1.29 is 12.8 Å². The summed E-state index contributed by atoms with van der Waals surface area (Å²) in [5.74, 6) is 0.607. The molecule has 0 aromatic carbocycles. The Labute approximate surface area is 99.7 Å². The van der Waals surface area contributed by atoms with Gasteiger partial charge in [0.2, 0.25) is 5.89 Å². The van der Waals surface area contributed by atoms with Gasteiger partial charge in [-0.3, -0.25) is 0 Å². The second-order valence-corrected chi connectivity index (χ2v) is 6.65. The van der Waals surface area contributed by atoms with E-state index < -0.39 is 9.84 Å². The molecule has 8 heteroatoms. The lowest BCUT2D eigenvalue weighted by Gasteiger charge is -2.08. The predicted octanol–water partition coefficient (Wildman–Crippen LogP) is 0.0784. The van der Waals surface area contributed by atoms with E-state index in [1.54, 1.807) is 6.92 Å². The minimum atomic E-state index is -2.94. The van der Waals surface area contributed by atoms with Crippen molar-refractivity contribution in [3.63, 3.8) is 0 Å². The lowest BCUT2D eigenvalue weighted by Crippen LogP contribution is -2.25. The van der Waals surface area contributed by atoms with Crippen LogP contribution in [0.4, 0.5) is 6.01 Å². The summed E-state index contributed by atoms with van der Waals surface area (Å²) in [6.45, 7) is 2.04. The summed E-state index contributed by atoms with van der Waals surface area (Å²) < 4.78 is 28.4. The summed E-state index contributed by atoms with van der Waals surface area (Å²) in [5.41, 5.74) is 5.57. The van der Waals surface area contributed by atoms with Crippen LogP contribution >= 0.6 is 0 Å². The van der Waals surface area contributed by atoms with Gasteiger partial charge in [-0.25, -0.2) is 8.42 Å². The monoisotopic (exact) mass is 260 g/mol. The highest BCUT2D eigenvalue weighted by Crippen LogP contribution is 2.20. The molecular weight excluding hydrogens is 244 g/mol. The van der Waals surface area contributed by atoms with E-state index in [-0.39, 0.29) is 23.1 Å². The molecule has 2 unspecified atom stereocenters. The SMILES string of the molecule is CC(N)c1nnc(NCC2CCCS2(=O)=O)o1. The van der Waals surface area contributed by atoms with E-state index in [9.17, 15) is 8.42 Å². The third-order valence-corrected chi connectivity index (χ3v) is 5.05. The average Bonchev–Trinajstić information content (AvgIpc) is 2.81. The van der Waals surface area contributed by atoms with Gasteiger partial charge in [0.1, 0.15) is 0 Å². The number of hydrogen-bond donors (Lipinski definition) is 2. The first kappa shape index (κ1) is 12.3. The average molecular weight is 260 g/mol. The lowest BCUT2D eigenvalue weighted by atomic mass is 10.2. The molecule has 0 radical (unpaired) electrons. The molecule has 96 valence electrons. The van der Waals surface area contributed by atoms with Crippen molar-refractivity contribution in [1.82, 2.24) is 10.2 Å². The van der Waals surface area contributed by atoms with E-state index in [1.165, 1.54) is 0 Å². The molecule has 1 fully saturated rings. The number of nitrogens with zero attached hydrogens (tertiary/aromatic N) is 2. The summed E-state index contributed by atoms with van der Waals surface area (Å²) >= 11 is 0. The summed E-state index contributed by atoms with van der Waals surface area (Å²) in [7, 11) is -2.94. The maximum absolute atomic E-state index is 11.6. The summed E-state index contributed by atoms with van der Waals surface area (Å²) in [6, 6.07) is -0.104. The van der Waals surface area contributed by atoms with Crippen molar-refractivity contribution in [3.8, 4) is 0 Å². The molecule has 3 N–H and O–H groups in total. The fourth-order valence-electron chi connectivity index (χ4n) is 1.78. The van der Waals surface area contributed by atoms with E-state index in [1.807, 2.05) is 0 Å². The highest BCUT2D eigenvalue weighted by Gasteiger charge is 2.31. The van der Waals surface area contributed by atoms with Gasteiger partial charge in [-0.15, -0.1) is 5.10 Å². The minimum Gasteiger partial charge on any atom is -0.406 e. The second-order valence-electron chi connectivity index (χ2n) is 4.25. The van der Waals surface area contributed by atoms with Crippen LogP contribution in [0.1, 0.15) is 31.7 Å². The molecular formula is C9H16N4O3S. The fourth-order valence-corrected chi connectivity index (χ4v) is 3.54. The first-order valence-electron chi connectivity index (χ1n) is 5.53. The van der Waals surface area contributed by atoms with Gasteiger partial charge in [0, 0.05) is 6.54 Å². The van der Waals surface area contributed by atoms with Crippen LogP contribution in [0.2, 0.25) is 0 Å². The van der Waals surface area contributed by atoms with E-state index >= 15 is 0 Å². The molecule has 0 amide bonds. The van der Waals surface area contributed by atoms with Crippen LogP contribution in [0.25, 0.3) is 0 Å². The van der Waals surface area contributed by atoms with E-state index in [2.05, 4.69) is 15.5 Å². The van der Waals surface area contributed by atoms with Crippen molar-refractivity contribution >= 4 is 15.9 Å². The Morgan fingerprint density at radius 1 is 1.59 bits per heavy atom. The predicted molar refractivity (Wildman–Crippen MR) is 62.2 cm³/mol. The molecule has 0 spiro atoms. The zero-order valence-corrected chi connectivity index (χ0v) is 10.4. The zero-order valence-electron chi connectivity index (χ0n) is 9.59. The Morgan fingerprint density at radius 3 is 2.88 bits per heavy atom. The Hall–Kier alpha value is -1.15. The highest BCUT2D eigenvalue weighted by molar-refractivity contribution is 7.92. The normalized spacial score (nSPS) is 24.7. The molecule has 1 aliphatic heterocycles. The van der Waals surface area contributed by atoms with Gasteiger partial charge in [-0.05, 0) is 19.8 Å². The Bertz CT molecular complexity index is 482. The van der Waals surface area contributed by atoms with Crippen LogP contribution in [0.3, 0.4) is 0 Å². The highest BCUT2D eigenvalue weighted by atomic mass is 32.2. The molecule has 2 heterocycles. The number of rotatable bonds is 4. The van der Waals surface area contributed by atoms with Crippen molar-refractivity contribution in [2.45, 2.75) is 31.1 Å². The molecule has 1 aromatic heterocycles. The first-order valence-corrected chi connectivity index (χ1v) is 7.25. The van der Waals surface area contributed by atoms with Gasteiger partial charge in [-0.1, -0.05) is 5.10 Å². The third-order valence-electron chi connectivity index (χ3n) is 2.77. The van der Waals surface area contributed by atoms with Crippen molar-refractivity contribution in [3.05, 3.63) is 5.89 Å². The van der Waals surface area contributed by atoms with E-state index in [0.29, 0.717) is 18.9 Å². The maximum Gasteiger partial charge on any atom is 0.315 e. The third kappa shape index (κ3) is 2.75. The van der Waals surface area contributed by atoms with Crippen LogP contribution < -0.4 is 11.1 Å². The molecule has 2 rings (SSSR count).